The first-order chi connectivity index (χ1) is 11.3. The van der Waals surface area contributed by atoms with Crippen molar-refractivity contribution >= 4 is 17.1 Å². The van der Waals surface area contributed by atoms with Crippen molar-refractivity contribution in [3.8, 4) is 5.88 Å². The lowest BCUT2D eigenvalue weighted by Gasteiger charge is -2.05. The molecule has 0 aliphatic heterocycles. The van der Waals surface area contributed by atoms with E-state index < -0.39 is 0 Å². The van der Waals surface area contributed by atoms with Crippen LogP contribution in [0.5, 0.6) is 5.88 Å². The third kappa shape index (κ3) is 3.53. The maximum absolute atomic E-state index is 11.8. The summed E-state index contributed by atoms with van der Waals surface area (Å²) in [6.07, 6.45) is 5.21. The number of fused-ring (bicyclic) bond motifs is 1. The highest BCUT2D eigenvalue weighted by Crippen LogP contribution is 2.21. The van der Waals surface area contributed by atoms with Gasteiger partial charge in [0, 0.05) is 6.42 Å². The summed E-state index contributed by atoms with van der Waals surface area (Å²) in [4.78, 5) is 24.4. The molecule has 3 rings (SSSR count). The second-order valence-corrected chi connectivity index (χ2v) is 5.29. The van der Waals surface area contributed by atoms with Crippen LogP contribution in [-0.2, 0) is 11.3 Å². The van der Waals surface area contributed by atoms with Crippen LogP contribution >= 0.6 is 0 Å². The van der Waals surface area contributed by atoms with Gasteiger partial charge in [-0.1, -0.05) is 43.7 Å². The average Bonchev–Trinajstić information content (AvgIpc) is 2.98. The maximum atomic E-state index is 11.8. The molecule has 0 atom stereocenters. The van der Waals surface area contributed by atoms with Gasteiger partial charge in [-0.15, -0.1) is 0 Å². The monoisotopic (exact) mass is 310 g/mol. The number of unbranched alkanes of at least 4 members (excludes halogenated alkanes) is 1. The quantitative estimate of drug-likeness (QED) is 0.655. The third-order valence-corrected chi connectivity index (χ3v) is 3.51. The summed E-state index contributed by atoms with van der Waals surface area (Å²) in [6.45, 7) is 2.68. The zero-order chi connectivity index (χ0) is 16.1. The Balaban J connectivity index is 1.84. The minimum Gasteiger partial charge on any atom is -0.405 e. The molecule has 0 aliphatic rings. The number of carbonyl (C=O) groups excluding carboxylic acids is 1. The summed E-state index contributed by atoms with van der Waals surface area (Å²) < 4.78 is 7.24. The van der Waals surface area contributed by atoms with Crippen LogP contribution in [0.4, 0.5) is 0 Å². The number of aromatic nitrogens is 4. The van der Waals surface area contributed by atoms with Gasteiger partial charge in [0.25, 0.3) is 5.88 Å². The Labute approximate surface area is 134 Å². The number of rotatable bonds is 6. The Morgan fingerprint density at radius 3 is 2.78 bits per heavy atom. The van der Waals surface area contributed by atoms with Gasteiger partial charge < -0.3 is 9.30 Å². The van der Waals surface area contributed by atoms with Gasteiger partial charge in [-0.3, -0.25) is 4.79 Å². The highest BCUT2D eigenvalue weighted by molar-refractivity contribution is 5.80. The summed E-state index contributed by atoms with van der Waals surface area (Å²) in [5.41, 5.74) is 2.31. The molecule has 0 N–H and O–H groups in total. The number of carbonyl (C=O) groups is 1. The van der Waals surface area contributed by atoms with Crippen LogP contribution in [0.2, 0.25) is 0 Å². The molecule has 0 fully saturated rings. The smallest absolute Gasteiger partial charge is 0.312 e. The average molecular weight is 310 g/mol. The van der Waals surface area contributed by atoms with Gasteiger partial charge in [-0.2, -0.15) is 4.98 Å². The van der Waals surface area contributed by atoms with E-state index in [9.17, 15) is 4.79 Å². The van der Waals surface area contributed by atoms with Crippen LogP contribution in [0.25, 0.3) is 11.2 Å². The molecular weight excluding hydrogens is 292 g/mol. The molecule has 3 aromatic rings. The number of ether oxygens (including phenoxy) is 1. The van der Waals surface area contributed by atoms with Crippen LogP contribution in [-0.4, -0.2) is 25.5 Å². The molecule has 0 radical (unpaired) electrons. The van der Waals surface area contributed by atoms with Gasteiger partial charge >= 0.3 is 5.97 Å². The molecule has 1 aromatic carbocycles. The zero-order valence-electron chi connectivity index (χ0n) is 13.0. The van der Waals surface area contributed by atoms with Crippen molar-refractivity contribution in [3.63, 3.8) is 0 Å². The van der Waals surface area contributed by atoms with Gasteiger partial charge in [-0.25, -0.2) is 9.97 Å². The Hall–Kier alpha value is -2.76. The standard InChI is InChI=1S/C17H18N4O2/c1-2-3-9-14(22)23-17-15-16(18-11-19-17)21(12-20-15)10-13-7-5-4-6-8-13/h4-8,11-12H,2-3,9-10H2,1H3. The molecule has 0 saturated carbocycles. The highest BCUT2D eigenvalue weighted by Gasteiger charge is 2.14. The largest absolute Gasteiger partial charge is 0.405 e. The molecule has 0 spiro atoms. The van der Waals surface area contributed by atoms with Crippen molar-refractivity contribution in [1.29, 1.82) is 0 Å². The number of imidazole rings is 1. The van der Waals surface area contributed by atoms with Gasteiger partial charge in [-0.05, 0) is 12.0 Å². The van der Waals surface area contributed by atoms with Crippen LogP contribution in [0.1, 0.15) is 31.7 Å². The van der Waals surface area contributed by atoms with E-state index in [2.05, 4.69) is 15.0 Å². The molecule has 2 aromatic heterocycles. The first kappa shape index (κ1) is 15.1. The van der Waals surface area contributed by atoms with Gasteiger partial charge in [0.15, 0.2) is 11.2 Å². The van der Waals surface area contributed by atoms with Crippen LogP contribution in [0, 0.1) is 0 Å². The van der Waals surface area contributed by atoms with Crippen molar-refractivity contribution in [2.45, 2.75) is 32.7 Å². The zero-order valence-corrected chi connectivity index (χ0v) is 13.0. The summed E-state index contributed by atoms with van der Waals surface area (Å²) in [7, 11) is 0. The maximum Gasteiger partial charge on any atom is 0.312 e. The number of hydrogen-bond donors (Lipinski definition) is 0. The first-order valence-electron chi connectivity index (χ1n) is 7.68. The molecule has 23 heavy (non-hydrogen) atoms. The minimum absolute atomic E-state index is 0.225. The van der Waals surface area contributed by atoms with Crippen LogP contribution in [0.15, 0.2) is 43.0 Å². The number of benzene rings is 1. The van der Waals surface area contributed by atoms with E-state index in [0.29, 0.717) is 24.1 Å². The molecule has 6 heteroatoms. The van der Waals surface area contributed by atoms with E-state index in [1.807, 2.05) is 41.8 Å². The van der Waals surface area contributed by atoms with Crippen molar-refractivity contribution in [1.82, 2.24) is 19.5 Å². The van der Waals surface area contributed by atoms with Gasteiger partial charge in [0.05, 0.1) is 12.9 Å². The summed E-state index contributed by atoms with van der Waals surface area (Å²) in [5, 5.41) is 0. The van der Waals surface area contributed by atoms with E-state index in [1.54, 1.807) is 6.33 Å². The lowest BCUT2D eigenvalue weighted by atomic mass is 10.2. The summed E-state index contributed by atoms with van der Waals surface area (Å²) in [6, 6.07) is 10.0. The number of esters is 1. The molecule has 0 amide bonds. The fourth-order valence-corrected chi connectivity index (χ4v) is 2.31. The Kier molecular flexibility index (Phi) is 4.61. The van der Waals surface area contributed by atoms with Crippen LogP contribution < -0.4 is 4.74 Å². The fourth-order valence-electron chi connectivity index (χ4n) is 2.31. The molecule has 0 unspecified atom stereocenters. The Morgan fingerprint density at radius 1 is 1.17 bits per heavy atom. The number of nitrogens with zero attached hydrogens (tertiary/aromatic N) is 4. The van der Waals surface area contributed by atoms with E-state index in [0.717, 1.165) is 18.4 Å². The van der Waals surface area contributed by atoms with Crippen molar-refractivity contribution in [2.75, 3.05) is 0 Å². The third-order valence-electron chi connectivity index (χ3n) is 3.51. The van der Waals surface area contributed by atoms with Crippen molar-refractivity contribution in [2.24, 2.45) is 0 Å². The van der Waals surface area contributed by atoms with E-state index in [4.69, 9.17) is 4.74 Å². The topological polar surface area (TPSA) is 69.9 Å². The SMILES string of the molecule is CCCCC(=O)Oc1ncnc2c1ncn2Cc1ccccc1. The van der Waals surface area contributed by atoms with Gasteiger partial charge in [0.1, 0.15) is 6.33 Å². The summed E-state index contributed by atoms with van der Waals surface area (Å²) in [5.74, 6) is -0.0626. The van der Waals surface area contributed by atoms with E-state index in [1.165, 1.54) is 6.33 Å². The molecule has 0 saturated heterocycles. The molecule has 0 aliphatic carbocycles. The predicted octanol–water partition coefficient (Wildman–Crippen LogP) is 2.97. The van der Waals surface area contributed by atoms with Gasteiger partial charge in [0.2, 0.25) is 0 Å². The minimum atomic E-state index is -0.288. The first-order valence-corrected chi connectivity index (χ1v) is 7.68. The molecular formula is C17H18N4O2. The number of hydrogen-bond acceptors (Lipinski definition) is 5. The van der Waals surface area contributed by atoms with Crippen LogP contribution in [0.3, 0.4) is 0 Å². The van der Waals surface area contributed by atoms with Crippen molar-refractivity contribution in [3.05, 3.63) is 48.5 Å². The van der Waals surface area contributed by atoms with E-state index in [-0.39, 0.29) is 11.8 Å². The molecule has 0 bridgehead atoms. The molecule has 2 heterocycles. The Morgan fingerprint density at radius 2 is 2.00 bits per heavy atom. The second kappa shape index (κ2) is 7.00. The Bertz CT molecular complexity index is 799. The summed E-state index contributed by atoms with van der Waals surface area (Å²) >= 11 is 0. The predicted molar refractivity (Wildman–Crippen MR) is 86.0 cm³/mol. The second-order valence-electron chi connectivity index (χ2n) is 5.29. The normalized spacial score (nSPS) is 10.8. The fraction of sp³-hybridized carbons (Fsp3) is 0.294. The highest BCUT2D eigenvalue weighted by atomic mass is 16.5. The molecule has 6 nitrogen and oxygen atoms in total. The lowest BCUT2D eigenvalue weighted by Crippen LogP contribution is -2.09. The lowest BCUT2D eigenvalue weighted by molar-refractivity contribution is -0.134. The molecule has 118 valence electrons. The van der Waals surface area contributed by atoms with E-state index >= 15 is 0 Å². The van der Waals surface area contributed by atoms with Crippen molar-refractivity contribution < 1.29 is 9.53 Å².